The van der Waals surface area contributed by atoms with Crippen molar-refractivity contribution in [3.05, 3.63) is 71.8 Å². The minimum Gasteiger partial charge on any atom is -0.493 e. The van der Waals surface area contributed by atoms with Gasteiger partial charge in [0.05, 0.1) is 17.5 Å². The topological polar surface area (TPSA) is 132 Å². The molecule has 1 fully saturated rings. The van der Waals surface area contributed by atoms with Crippen molar-refractivity contribution >= 4 is 45.1 Å². The zero-order chi connectivity index (χ0) is 26.0. The van der Waals surface area contributed by atoms with Gasteiger partial charge in [0.1, 0.15) is 11.6 Å². The van der Waals surface area contributed by atoms with Crippen LogP contribution in [0.25, 0.3) is 10.8 Å². The molecule has 0 bridgehead atoms. The molecule has 9 nitrogen and oxygen atoms in total. The smallest absolute Gasteiger partial charge is 0.410 e. The van der Waals surface area contributed by atoms with E-state index < -0.39 is 22.2 Å². The number of nitrogens with zero attached hydrogens (tertiary/aromatic N) is 1. The quantitative estimate of drug-likeness (QED) is 0.265. The van der Waals surface area contributed by atoms with E-state index in [1.165, 1.54) is 0 Å². The maximum Gasteiger partial charge on any atom is 0.410 e. The molecule has 202 valence electrons. The summed E-state index contributed by atoms with van der Waals surface area (Å²) in [5.41, 5.74) is 1.89. The first kappa shape index (κ1) is 27.8. The van der Waals surface area contributed by atoms with E-state index >= 15 is 0 Å². The number of fused-ring (bicyclic) bond motifs is 2. The van der Waals surface area contributed by atoms with Crippen LogP contribution in [0.15, 0.2) is 65.6 Å². The molecule has 2 aliphatic heterocycles. The number of sulfonamides is 1. The summed E-state index contributed by atoms with van der Waals surface area (Å²) in [5.74, 6) is 0.757. The lowest BCUT2D eigenvalue weighted by atomic mass is 9.93. The Bertz CT molecular complexity index is 1440. The average molecular weight is 559 g/mol. The van der Waals surface area contributed by atoms with Crippen molar-refractivity contribution in [1.82, 2.24) is 14.9 Å². The van der Waals surface area contributed by atoms with Crippen molar-refractivity contribution in [3.8, 4) is 5.75 Å². The minimum atomic E-state index is -3.56. The molecule has 2 aliphatic rings. The van der Waals surface area contributed by atoms with Crippen molar-refractivity contribution in [2.24, 2.45) is 5.92 Å². The van der Waals surface area contributed by atoms with E-state index in [1.54, 1.807) is 16.4 Å². The predicted octanol–water partition coefficient (Wildman–Crippen LogP) is 4.17. The van der Waals surface area contributed by atoms with Gasteiger partial charge < -0.3 is 15.2 Å². The normalized spacial score (nSPS) is 18.3. The van der Waals surface area contributed by atoms with Gasteiger partial charge in [-0.25, -0.2) is 13.2 Å². The molecule has 2 heterocycles. The number of carboxylic acid groups (broad SMARTS) is 1. The van der Waals surface area contributed by atoms with Crippen LogP contribution in [0.1, 0.15) is 30.0 Å². The number of hydrogen-bond donors (Lipinski definition) is 4. The number of amidine groups is 1. The molecule has 0 radical (unpaired) electrons. The van der Waals surface area contributed by atoms with Gasteiger partial charge in [-0.2, -0.15) is 4.31 Å². The summed E-state index contributed by atoms with van der Waals surface area (Å²) < 4.78 is 34.1. The fourth-order valence-electron chi connectivity index (χ4n) is 5.07. The molecule has 11 heteroatoms. The van der Waals surface area contributed by atoms with Crippen LogP contribution in [-0.4, -0.2) is 56.0 Å². The van der Waals surface area contributed by atoms with E-state index in [0.29, 0.717) is 49.7 Å². The Morgan fingerprint density at radius 1 is 1.08 bits per heavy atom. The summed E-state index contributed by atoms with van der Waals surface area (Å²) in [5, 5.41) is 24.3. The van der Waals surface area contributed by atoms with Gasteiger partial charge in [0.15, 0.2) is 0 Å². The van der Waals surface area contributed by atoms with Crippen LogP contribution in [0.2, 0.25) is 0 Å². The van der Waals surface area contributed by atoms with Crippen molar-refractivity contribution in [2.75, 3.05) is 26.2 Å². The van der Waals surface area contributed by atoms with Crippen LogP contribution in [0, 0.1) is 11.3 Å². The van der Waals surface area contributed by atoms with Crippen LogP contribution < -0.4 is 15.4 Å². The van der Waals surface area contributed by atoms with Crippen molar-refractivity contribution in [1.29, 1.82) is 5.41 Å². The molecule has 0 aromatic heterocycles. The van der Waals surface area contributed by atoms with E-state index in [0.717, 1.165) is 28.3 Å². The molecule has 1 atom stereocenters. The first-order valence-corrected chi connectivity index (χ1v) is 13.8. The minimum absolute atomic E-state index is 0. The average Bonchev–Trinajstić information content (AvgIpc) is 2.91. The van der Waals surface area contributed by atoms with Crippen LogP contribution in [0.5, 0.6) is 5.75 Å². The van der Waals surface area contributed by atoms with E-state index in [1.807, 2.05) is 48.5 Å². The van der Waals surface area contributed by atoms with Gasteiger partial charge in [-0.1, -0.05) is 36.4 Å². The Hall–Kier alpha value is -3.18. The second-order valence-corrected chi connectivity index (χ2v) is 11.4. The van der Waals surface area contributed by atoms with Gasteiger partial charge in [0.25, 0.3) is 0 Å². The van der Waals surface area contributed by atoms with Gasteiger partial charge in [-0.15, -0.1) is 12.4 Å². The lowest BCUT2D eigenvalue weighted by molar-refractivity contribution is 0.185. The Morgan fingerprint density at radius 3 is 2.55 bits per heavy atom. The van der Waals surface area contributed by atoms with Crippen molar-refractivity contribution in [2.45, 2.75) is 30.2 Å². The van der Waals surface area contributed by atoms with E-state index in [9.17, 15) is 13.2 Å². The Morgan fingerprint density at radius 2 is 1.82 bits per heavy atom. The first-order valence-electron chi connectivity index (χ1n) is 12.4. The number of ether oxygens (including phenoxy) is 1. The van der Waals surface area contributed by atoms with E-state index in [4.69, 9.17) is 15.3 Å². The van der Waals surface area contributed by atoms with Gasteiger partial charge in [0.2, 0.25) is 10.0 Å². The zero-order valence-electron chi connectivity index (χ0n) is 20.7. The Kier molecular flexibility index (Phi) is 8.57. The third kappa shape index (κ3) is 5.94. The highest BCUT2D eigenvalue weighted by atomic mass is 35.5. The van der Waals surface area contributed by atoms with Crippen LogP contribution >= 0.6 is 12.4 Å². The third-order valence-electron chi connectivity index (χ3n) is 7.12. The molecule has 5 rings (SSSR count). The van der Waals surface area contributed by atoms with Gasteiger partial charge in [-0.05, 0) is 71.3 Å². The summed E-state index contributed by atoms with van der Waals surface area (Å²) in [6.07, 6.45) is 0.932. The van der Waals surface area contributed by atoms with E-state index in [-0.39, 0.29) is 24.2 Å². The molecule has 3 aromatic carbocycles. The standard InChI is InChI=1S/C27H30N4O5S.ClH/c28-26(30-27(32)33)25-24-16-22(7-5-20(24)9-12-29-25)36-17-18-10-13-31(14-11-18)37(34,35)23-8-6-19-3-1-2-4-21(19)15-23;/h1-8,15-16,18,25,29H,9-14,17H2,(H2,28,30)(H,32,33);1H. The summed E-state index contributed by atoms with van der Waals surface area (Å²) in [7, 11) is -3.56. The number of piperidine rings is 1. The molecular weight excluding hydrogens is 528 g/mol. The number of benzene rings is 3. The highest BCUT2D eigenvalue weighted by Crippen LogP contribution is 2.30. The Labute approximate surface area is 228 Å². The molecule has 1 saturated heterocycles. The van der Waals surface area contributed by atoms with Crippen molar-refractivity contribution in [3.63, 3.8) is 0 Å². The molecule has 1 unspecified atom stereocenters. The summed E-state index contributed by atoms with van der Waals surface area (Å²) in [6.45, 7) is 2.00. The molecular formula is C27H31ClN4O5S. The first-order chi connectivity index (χ1) is 17.8. The predicted molar refractivity (Wildman–Crippen MR) is 148 cm³/mol. The molecule has 3 aromatic rings. The second-order valence-electron chi connectivity index (χ2n) is 9.51. The molecule has 4 N–H and O–H groups in total. The number of hydrogen-bond acceptors (Lipinski definition) is 6. The maximum atomic E-state index is 13.2. The molecule has 0 aliphatic carbocycles. The fraction of sp³-hybridized carbons (Fsp3) is 0.333. The lowest BCUT2D eigenvalue weighted by Gasteiger charge is -2.31. The summed E-state index contributed by atoms with van der Waals surface area (Å²) in [4.78, 5) is 11.3. The van der Waals surface area contributed by atoms with Gasteiger partial charge >= 0.3 is 6.09 Å². The number of nitrogens with one attached hydrogen (secondary N) is 3. The molecule has 1 amide bonds. The number of carbonyl (C=O) groups is 1. The SMILES string of the molecule is Cl.N=C(NC(=O)O)C1NCCc2ccc(OCC3CCN(S(=O)(=O)c4ccc5ccccc5c4)CC3)cc21. The zero-order valence-corrected chi connectivity index (χ0v) is 22.4. The second kappa shape index (κ2) is 11.7. The summed E-state index contributed by atoms with van der Waals surface area (Å²) >= 11 is 0. The number of rotatable bonds is 6. The Balaban J connectivity index is 0.00000336. The van der Waals surface area contributed by atoms with Crippen LogP contribution in [0.4, 0.5) is 4.79 Å². The number of halogens is 1. The van der Waals surface area contributed by atoms with Crippen LogP contribution in [0.3, 0.4) is 0 Å². The number of amides is 1. The van der Waals surface area contributed by atoms with Crippen LogP contribution in [-0.2, 0) is 16.4 Å². The van der Waals surface area contributed by atoms with Gasteiger partial charge in [-0.3, -0.25) is 10.7 Å². The van der Waals surface area contributed by atoms with Crippen molar-refractivity contribution < 1.29 is 23.1 Å². The summed E-state index contributed by atoms with van der Waals surface area (Å²) in [6, 6.07) is 18.2. The molecule has 0 saturated carbocycles. The largest absolute Gasteiger partial charge is 0.493 e. The maximum absolute atomic E-state index is 13.2. The monoisotopic (exact) mass is 558 g/mol. The fourth-order valence-corrected chi connectivity index (χ4v) is 6.58. The third-order valence-corrected chi connectivity index (χ3v) is 9.01. The molecule has 38 heavy (non-hydrogen) atoms. The lowest BCUT2D eigenvalue weighted by Crippen LogP contribution is -2.42. The van der Waals surface area contributed by atoms with E-state index in [2.05, 4.69) is 10.6 Å². The highest BCUT2D eigenvalue weighted by molar-refractivity contribution is 7.89. The highest BCUT2D eigenvalue weighted by Gasteiger charge is 2.30. The van der Waals surface area contributed by atoms with Gasteiger partial charge in [0, 0.05) is 19.6 Å². The molecule has 0 spiro atoms.